The summed E-state index contributed by atoms with van der Waals surface area (Å²) >= 11 is 0. The number of Topliss-reactive ketones (excluding diaryl/α,β-unsaturated/α-hetero) is 1. The van der Waals surface area contributed by atoms with Gasteiger partial charge >= 0.3 is 5.97 Å². The van der Waals surface area contributed by atoms with E-state index in [1.165, 1.54) is 0 Å². The average molecular weight is 319 g/mol. The number of carboxylic acids is 1. The summed E-state index contributed by atoms with van der Waals surface area (Å²) in [7, 11) is 0. The summed E-state index contributed by atoms with van der Waals surface area (Å²) in [6, 6.07) is 5.14. The van der Waals surface area contributed by atoms with E-state index in [9.17, 15) is 14.7 Å². The van der Waals surface area contributed by atoms with Crippen molar-refractivity contribution in [1.29, 1.82) is 0 Å². The first kappa shape index (κ1) is 17.5. The standard InChI is InChI=1S/C18H25NO4/c1-3-23-17-8-7-13(2)12-14(17)16(20)9-11-19-10-5-4-6-15(19)18(21)22/h7-8,12,15H,3-6,9-11H2,1-2H3,(H,21,22). The smallest absolute Gasteiger partial charge is 0.320 e. The summed E-state index contributed by atoms with van der Waals surface area (Å²) in [5.74, 6) is -0.175. The third kappa shape index (κ3) is 4.55. The number of carboxylic acid groups (broad SMARTS) is 1. The zero-order chi connectivity index (χ0) is 16.8. The molecule has 1 saturated heterocycles. The summed E-state index contributed by atoms with van der Waals surface area (Å²) in [4.78, 5) is 25.8. The van der Waals surface area contributed by atoms with Crippen LogP contribution >= 0.6 is 0 Å². The van der Waals surface area contributed by atoms with Crippen molar-refractivity contribution in [2.24, 2.45) is 0 Å². The molecule has 0 aliphatic carbocycles. The third-order valence-corrected chi connectivity index (χ3v) is 4.26. The van der Waals surface area contributed by atoms with Crippen LogP contribution in [-0.2, 0) is 4.79 Å². The molecule has 1 aromatic rings. The topological polar surface area (TPSA) is 66.8 Å². The molecule has 0 amide bonds. The molecule has 5 heteroatoms. The highest BCUT2D eigenvalue weighted by Gasteiger charge is 2.28. The van der Waals surface area contributed by atoms with Crippen LogP contribution in [0.3, 0.4) is 0 Å². The highest BCUT2D eigenvalue weighted by atomic mass is 16.5. The van der Waals surface area contributed by atoms with Gasteiger partial charge in [0.1, 0.15) is 11.8 Å². The van der Waals surface area contributed by atoms with Crippen molar-refractivity contribution in [3.63, 3.8) is 0 Å². The number of nitrogens with zero attached hydrogens (tertiary/aromatic N) is 1. The molecule has 1 atom stereocenters. The number of hydrogen-bond acceptors (Lipinski definition) is 4. The van der Waals surface area contributed by atoms with Gasteiger partial charge in [0.15, 0.2) is 5.78 Å². The number of likely N-dealkylation sites (tertiary alicyclic amines) is 1. The molecule has 0 bridgehead atoms. The Hall–Kier alpha value is -1.88. The Labute approximate surface area is 137 Å². The SMILES string of the molecule is CCOc1ccc(C)cc1C(=O)CCN1CCCCC1C(=O)O. The van der Waals surface area contributed by atoms with Crippen LogP contribution in [0.25, 0.3) is 0 Å². The predicted octanol–water partition coefficient (Wildman–Crippen LogP) is 2.91. The maximum absolute atomic E-state index is 12.6. The fourth-order valence-corrected chi connectivity index (χ4v) is 3.06. The minimum Gasteiger partial charge on any atom is -0.493 e. The van der Waals surface area contributed by atoms with Crippen LogP contribution in [0.1, 0.15) is 48.5 Å². The zero-order valence-corrected chi connectivity index (χ0v) is 13.9. The summed E-state index contributed by atoms with van der Waals surface area (Å²) in [5.41, 5.74) is 1.61. The Morgan fingerprint density at radius 1 is 1.35 bits per heavy atom. The van der Waals surface area contributed by atoms with E-state index in [-0.39, 0.29) is 5.78 Å². The van der Waals surface area contributed by atoms with Crippen molar-refractivity contribution in [3.05, 3.63) is 29.3 Å². The minimum absolute atomic E-state index is 0.00635. The van der Waals surface area contributed by atoms with E-state index in [0.717, 1.165) is 24.9 Å². The van der Waals surface area contributed by atoms with Gasteiger partial charge in [-0.2, -0.15) is 0 Å². The number of aryl methyl sites for hydroxylation is 1. The Kier molecular flexibility index (Phi) is 6.16. The molecule has 2 rings (SSSR count). The van der Waals surface area contributed by atoms with E-state index in [1.54, 1.807) is 0 Å². The molecule has 1 unspecified atom stereocenters. The Bertz CT molecular complexity index is 570. The highest BCUT2D eigenvalue weighted by Crippen LogP contribution is 2.23. The normalized spacial score (nSPS) is 18.6. The number of carbonyl (C=O) groups is 2. The van der Waals surface area contributed by atoms with Gasteiger partial charge in [-0.25, -0.2) is 0 Å². The summed E-state index contributed by atoms with van der Waals surface area (Å²) in [6.45, 7) is 5.57. The molecule has 0 radical (unpaired) electrons. The average Bonchev–Trinajstić information content (AvgIpc) is 2.54. The summed E-state index contributed by atoms with van der Waals surface area (Å²) in [6.07, 6.45) is 2.91. The van der Waals surface area contributed by atoms with Gasteiger partial charge in [-0.3, -0.25) is 14.5 Å². The fourth-order valence-electron chi connectivity index (χ4n) is 3.06. The molecule has 0 aromatic heterocycles. The molecule has 1 heterocycles. The molecule has 1 N–H and O–H groups in total. The van der Waals surface area contributed by atoms with Crippen LogP contribution in [-0.4, -0.2) is 47.5 Å². The van der Waals surface area contributed by atoms with Crippen molar-refractivity contribution in [1.82, 2.24) is 4.90 Å². The van der Waals surface area contributed by atoms with Crippen molar-refractivity contribution in [3.8, 4) is 5.75 Å². The number of ketones is 1. The highest BCUT2D eigenvalue weighted by molar-refractivity contribution is 5.99. The first-order chi connectivity index (χ1) is 11.0. The second-order valence-electron chi connectivity index (χ2n) is 5.99. The van der Waals surface area contributed by atoms with Gasteiger partial charge in [0, 0.05) is 13.0 Å². The molecule has 0 spiro atoms. The number of piperidine rings is 1. The lowest BCUT2D eigenvalue weighted by molar-refractivity contribution is -0.144. The van der Waals surface area contributed by atoms with E-state index in [1.807, 2.05) is 36.9 Å². The largest absolute Gasteiger partial charge is 0.493 e. The molecule has 126 valence electrons. The first-order valence-corrected chi connectivity index (χ1v) is 8.26. The van der Waals surface area contributed by atoms with E-state index >= 15 is 0 Å². The maximum atomic E-state index is 12.6. The van der Waals surface area contributed by atoms with Crippen LogP contribution in [0.2, 0.25) is 0 Å². The number of rotatable bonds is 7. The van der Waals surface area contributed by atoms with Crippen LogP contribution in [0.4, 0.5) is 0 Å². The number of aliphatic carboxylic acids is 1. The quantitative estimate of drug-likeness (QED) is 0.783. The monoisotopic (exact) mass is 319 g/mol. The predicted molar refractivity (Wildman–Crippen MR) is 88.1 cm³/mol. The number of carbonyl (C=O) groups excluding carboxylic acids is 1. The molecule has 1 aliphatic rings. The van der Waals surface area contributed by atoms with Gasteiger partial charge in [0.05, 0.1) is 12.2 Å². The Balaban J connectivity index is 2.04. The van der Waals surface area contributed by atoms with Gasteiger partial charge in [-0.15, -0.1) is 0 Å². The van der Waals surface area contributed by atoms with Crippen molar-refractivity contribution in [2.75, 3.05) is 19.7 Å². The second kappa shape index (κ2) is 8.11. The molecule has 1 aliphatic heterocycles. The summed E-state index contributed by atoms with van der Waals surface area (Å²) in [5, 5.41) is 9.29. The molecule has 1 fully saturated rings. The van der Waals surface area contributed by atoms with Gasteiger partial charge in [-0.05, 0) is 45.4 Å². The maximum Gasteiger partial charge on any atom is 0.320 e. The second-order valence-corrected chi connectivity index (χ2v) is 5.99. The van der Waals surface area contributed by atoms with Crippen LogP contribution in [0.15, 0.2) is 18.2 Å². The minimum atomic E-state index is -0.789. The van der Waals surface area contributed by atoms with Crippen molar-refractivity contribution < 1.29 is 19.4 Å². The molecular formula is C18H25NO4. The summed E-state index contributed by atoms with van der Waals surface area (Å²) < 4.78 is 5.54. The number of benzene rings is 1. The van der Waals surface area contributed by atoms with Crippen LogP contribution < -0.4 is 4.74 Å². The van der Waals surface area contributed by atoms with Crippen molar-refractivity contribution in [2.45, 2.75) is 45.6 Å². The Morgan fingerprint density at radius 3 is 2.83 bits per heavy atom. The first-order valence-electron chi connectivity index (χ1n) is 8.26. The van der Waals surface area contributed by atoms with Crippen LogP contribution in [0, 0.1) is 6.92 Å². The molecule has 0 saturated carbocycles. The van der Waals surface area contributed by atoms with Gasteiger partial charge in [-0.1, -0.05) is 18.1 Å². The molecule has 1 aromatic carbocycles. The molecular weight excluding hydrogens is 294 g/mol. The molecule has 23 heavy (non-hydrogen) atoms. The lowest BCUT2D eigenvalue weighted by atomic mass is 10.00. The van der Waals surface area contributed by atoms with Crippen molar-refractivity contribution >= 4 is 11.8 Å². The Morgan fingerprint density at radius 2 is 2.13 bits per heavy atom. The fraction of sp³-hybridized carbons (Fsp3) is 0.556. The molecule has 5 nitrogen and oxygen atoms in total. The lowest BCUT2D eigenvalue weighted by Gasteiger charge is -2.32. The number of hydrogen-bond donors (Lipinski definition) is 1. The number of ether oxygens (including phenoxy) is 1. The zero-order valence-electron chi connectivity index (χ0n) is 13.9. The van der Waals surface area contributed by atoms with E-state index in [4.69, 9.17) is 4.74 Å². The van der Waals surface area contributed by atoms with Crippen LogP contribution in [0.5, 0.6) is 5.75 Å². The van der Waals surface area contributed by atoms with E-state index in [2.05, 4.69) is 0 Å². The van der Waals surface area contributed by atoms with Gasteiger partial charge in [0.2, 0.25) is 0 Å². The lowest BCUT2D eigenvalue weighted by Crippen LogP contribution is -2.45. The van der Waals surface area contributed by atoms with E-state index < -0.39 is 12.0 Å². The van der Waals surface area contributed by atoms with Gasteiger partial charge < -0.3 is 9.84 Å². The van der Waals surface area contributed by atoms with Gasteiger partial charge in [0.25, 0.3) is 0 Å². The van der Waals surface area contributed by atoms with E-state index in [0.29, 0.717) is 37.3 Å². The third-order valence-electron chi connectivity index (χ3n) is 4.26.